The van der Waals surface area contributed by atoms with Crippen LogP contribution in [0.3, 0.4) is 0 Å². The molecule has 0 saturated heterocycles. The van der Waals surface area contributed by atoms with E-state index in [1.807, 2.05) is 34.6 Å². The summed E-state index contributed by atoms with van der Waals surface area (Å²) in [6, 6.07) is 5.24. The van der Waals surface area contributed by atoms with Crippen molar-refractivity contribution in [1.29, 1.82) is 0 Å². The Hall–Kier alpha value is -2.37. The topological polar surface area (TPSA) is 95.5 Å². The Kier molecular flexibility index (Phi) is 7.15. The summed E-state index contributed by atoms with van der Waals surface area (Å²) in [6.07, 6.45) is 0.356. The summed E-state index contributed by atoms with van der Waals surface area (Å²) in [5.41, 5.74) is 0.762. The second kappa shape index (κ2) is 8.65. The second-order valence-electron chi connectivity index (χ2n) is 7.81. The average Bonchev–Trinajstić information content (AvgIpc) is 2.50. The van der Waals surface area contributed by atoms with E-state index in [0.29, 0.717) is 24.1 Å². The molecule has 1 atom stereocenters. The molecule has 2 amide bonds. The molecule has 0 aliphatic carbocycles. The molecule has 138 valence electrons. The van der Waals surface area contributed by atoms with E-state index in [-0.39, 0.29) is 17.2 Å². The highest BCUT2D eigenvalue weighted by atomic mass is 16.4. The highest BCUT2D eigenvalue weighted by Crippen LogP contribution is 2.12. The predicted octanol–water partition coefficient (Wildman–Crippen LogP) is 2.69. The maximum Gasteiger partial charge on any atom is 0.326 e. The molecule has 0 radical (unpaired) electrons. The van der Waals surface area contributed by atoms with Gasteiger partial charge in [-0.1, -0.05) is 34.6 Å². The number of carbonyl (C=O) groups excluding carboxylic acids is 2. The van der Waals surface area contributed by atoms with Crippen LogP contribution in [0.4, 0.5) is 0 Å². The first-order valence-electron chi connectivity index (χ1n) is 8.41. The lowest BCUT2D eigenvalue weighted by Gasteiger charge is -2.19. The van der Waals surface area contributed by atoms with Crippen LogP contribution >= 0.6 is 0 Å². The number of aliphatic carboxylic acids is 1. The third kappa shape index (κ3) is 7.37. The van der Waals surface area contributed by atoms with Crippen LogP contribution in [0.25, 0.3) is 0 Å². The van der Waals surface area contributed by atoms with Gasteiger partial charge in [-0.3, -0.25) is 9.59 Å². The van der Waals surface area contributed by atoms with Gasteiger partial charge in [-0.25, -0.2) is 4.79 Å². The molecule has 0 bridgehead atoms. The van der Waals surface area contributed by atoms with Gasteiger partial charge in [-0.05, 0) is 42.0 Å². The molecule has 6 nitrogen and oxygen atoms in total. The van der Waals surface area contributed by atoms with Gasteiger partial charge in [0.05, 0.1) is 0 Å². The minimum Gasteiger partial charge on any atom is -0.480 e. The number of carboxylic acid groups (broad SMARTS) is 1. The lowest BCUT2D eigenvalue weighted by atomic mass is 9.97. The van der Waals surface area contributed by atoms with Crippen molar-refractivity contribution in [2.24, 2.45) is 11.3 Å². The van der Waals surface area contributed by atoms with E-state index in [1.54, 1.807) is 12.1 Å². The first kappa shape index (κ1) is 20.7. The maximum absolute atomic E-state index is 12.2. The summed E-state index contributed by atoms with van der Waals surface area (Å²) in [6.45, 7) is 10.4. The number of benzene rings is 1. The molecular weight excluding hydrogens is 320 g/mol. The van der Waals surface area contributed by atoms with Gasteiger partial charge >= 0.3 is 5.97 Å². The summed E-state index contributed by atoms with van der Waals surface area (Å²) >= 11 is 0. The molecule has 1 rings (SSSR count). The van der Waals surface area contributed by atoms with Crippen molar-refractivity contribution in [3.8, 4) is 0 Å². The Labute approximate surface area is 149 Å². The molecular formula is C19H28N2O4. The van der Waals surface area contributed by atoms with Crippen molar-refractivity contribution in [3.63, 3.8) is 0 Å². The lowest BCUT2D eigenvalue weighted by Crippen LogP contribution is -2.41. The van der Waals surface area contributed by atoms with Crippen LogP contribution in [0.15, 0.2) is 24.3 Å². The van der Waals surface area contributed by atoms with Crippen LogP contribution in [0, 0.1) is 11.3 Å². The molecule has 0 aliphatic heterocycles. The van der Waals surface area contributed by atoms with Gasteiger partial charge in [-0.2, -0.15) is 0 Å². The summed E-state index contributed by atoms with van der Waals surface area (Å²) < 4.78 is 0. The summed E-state index contributed by atoms with van der Waals surface area (Å²) in [7, 11) is 0. The molecule has 0 fully saturated rings. The molecule has 25 heavy (non-hydrogen) atoms. The standard InChI is InChI=1S/C19H28N2O4/c1-12(2)10-15(18(24)25)21-17(23)14-8-6-13(7-9-14)16(22)20-11-19(3,4)5/h6-9,12,15H,10-11H2,1-5H3,(H,20,22)(H,21,23)(H,24,25). The fourth-order valence-electron chi connectivity index (χ4n) is 2.15. The first-order chi connectivity index (χ1) is 11.5. The van der Waals surface area contributed by atoms with Crippen LogP contribution in [-0.4, -0.2) is 35.5 Å². The Morgan fingerprint density at radius 2 is 1.48 bits per heavy atom. The predicted molar refractivity (Wildman–Crippen MR) is 96.6 cm³/mol. The van der Waals surface area contributed by atoms with Crippen LogP contribution in [0.2, 0.25) is 0 Å². The Bertz CT molecular complexity index is 615. The van der Waals surface area contributed by atoms with Crippen LogP contribution < -0.4 is 10.6 Å². The van der Waals surface area contributed by atoms with Gasteiger partial charge < -0.3 is 15.7 Å². The molecule has 0 aliphatic rings. The van der Waals surface area contributed by atoms with E-state index in [0.717, 1.165) is 0 Å². The summed E-state index contributed by atoms with van der Waals surface area (Å²) in [5.74, 6) is -1.57. The zero-order valence-electron chi connectivity index (χ0n) is 15.6. The van der Waals surface area contributed by atoms with Crippen LogP contribution in [0.5, 0.6) is 0 Å². The Morgan fingerprint density at radius 3 is 1.88 bits per heavy atom. The van der Waals surface area contributed by atoms with Crippen molar-refractivity contribution >= 4 is 17.8 Å². The molecule has 0 spiro atoms. The van der Waals surface area contributed by atoms with Gasteiger partial charge in [-0.15, -0.1) is 0 Å². The fourth-order valence-corrected chi connectivity index (χ4v) is 2.15. The molecule has 3 N–H and O–H groups in total. The molecule has 0 heterocycles. The van der Waals surface area contributed by atoms with Gasteiger partial charge in [0.1, 0.15) is 6.04 Å². The van der Waals surface area contributed by atoms with Crippen molar-refractivity contribution in [3.05, 3.63) is 35.4 Å². The highest BCUT2D eigenvalue weighted by molar-refractivity contribution is 5.99. The summed E-state index contributed by atoms with van der Waals surface area (Å²) in [4.78, 5) is 35.5. The molecule has 1 aromatic carbocycles. The van der Waals surface area contributed by atoms with Crippen molar-refractivity contribution in [2.75, 3.05) is 6.54 Å². The third-order valence-electron chi connectivity index (χ3n) is 3.50. The molecule has 6 heteroatoms. The number of rotatable bonds is 7. The fraction of sp³-hybridized carbons (Fsp3) is 0.526. The minimum atomic E-state index is -1.06. The van der Waals surface area contributed by atoms with E-state index in [1.165, 1.54) is 12.1 Å². The second-order valence-corrected chi connectivity index (χ2v) is 7.81. The Morgan fingerprint density at radius 1 is 1.00 bits per heavy atom. The SMILES string of the molecule is CC(C)CC(NC(=O)c1ccc(C(=O)NCC(C)(C)C)cc1)C(=O)O. The van der Waals surface area contributed by atoms with E-state index in [2.05, 4.69) is 10.6 Å². The van der Waals surface area contributed by atoms with E-state index in [9.17, 15) is 19.5 Å². The van der Waals surface area contributed by atoms with Gasteiger partial charge in [0, 0.05) is 17.7 Å². The van der Waals surface area contributed by atoms with Crippen molar-refractivity contribution < 1.29 is 19.5 Å². The molecule has 0 aromatic heterocycles. The van der Waals surface area contributed by atoms with Crippen molar-refractivity contribution in [1.82, 2.24) is 10.6 Å². The van der Waals surface area contributed by atoms with Crippen LogP contribution in [0.1, 0.15) is 61.8 Å². The lowest BCUT2D eigenvalue weighted by molar-refractivity contribution is -0.139. The zero-order chi connectivity index (χ0) is 19.2. The number of carboxylic acids is 1. The number of carbonyl (C=O) groups is 3. The third-order valence-corrected chi connectivity index (χ3v) is 3.50. The highest BCUT2D eigenvalue weighted by Gasteiger charge is 2.22. The van der Waals surface area contributed by atoms with E-state index >= 15 is 0 Å². The molecule has 1 aromatic rings. The number of hydrogen-bond acceptors (Lipinski definition) is 3. The smallest absolute Gasteiger partial charge is 0.326 e. The minimum absolute atomic E-state index is 0.0161. The Balaban J connectivity index is 2.73. The maximum atomic E-state index is 12.2. The number of amides is 2. The normalized spacial score (nSPS) is 12.6. The van der Waals surface area contributed by atoms with Crippen LogP contribution in [-0.2, 0) is 4.79 Å². The number of hydrogen-bond donors (Lipinski definition) is 3. The monoisotopic (exact) mass is 348 g/mol. The van der Waals surface area contributed by atoms with Crippen molar-refractivity contribution in [2.45, 2.75) is 47.1 Å². The zero-order valence-corrected chi connectivity index (χ0v) is 15.6. The van der Waals surface area contributed by atoms with E-state index < -0.39 is 17.9 Å². The summed E-state index contributed by atoms with van der Waals surface area (Å²) in [5, 5.41) is 14.5. The van der Waals surface area contributed by atoms with Gasteiger partial charge in [0.25, 0.3) is 11.8 Å². The van der Waals surface area contributed by atoms with Gasteiger partial charge in [0.15, 0.2) is 0 Å². The van der Waals surface area contributed by atoms with E-state index in [4.69, 9.17) is 0 Å². The molecule has 1 unspecified atom stereocenters. The van der Waals surface area contributed by atoms with Gasteiger partial charge in [0.2, 0.25) is 0 Å². The first-order valence-corrected chi connectivity index (χ1v) is 8.41. The molecule has 0 saturated carbocycles. The quantitative estimate of drug-likeness (QED) is 0.706. The average molecular weight is 348 g/mol. The number of nitrogens with one attached hydrogen (secondary N) is 2. The largest absolute Gasteiger partial charge is 0.480 e.